The van der Waals surface area contributed by atoms with Gasteiger partial charge in [-0.25, -0.2) is 0 Å². The number of ether oxygens (including phenoxy) is 1. The van der Waals surface area contributed by atoms with E-state index in [1.807, 2.05) is 11.3 Å². The van der Waals surface area contributed by atoms with Gasteiger partial charge in [0.05, 0.1) is 6.61 Å². The molecule has 4 atom stereocenters. The van der Waals surface area contributed by atoms with Crippen LogP contribution in [-0.4, -0.2) is 37.0 Å². The summed E-state index contributed by atoms with van der Waals surface area (Å²) in [6.07, 6.45) is 6.70. The minimum atomic E-state index is 0.787. The summed E-state index contributed by atoms with van der Waals surface area (Å²) in [4.78, 5) is 0. The van der Waals surface area contributed by atoms with Crippen molar-refractivity contribution in [3.8, 4) is 0 Å². The molecule has 4 nitrogen and oxygen atoms in total. The maximum atomic E-state index is 5.02. The first-order valence-corrected chi connectivity index (χ1v) is 9.22. The second-order valence-corrected chi connectivity index (χ2v) is 7.99. The summed E-state index contributed by atoms with van der Waals surface area (Å²) in [6, 6.07) is 0. The summed E-state index contributed by atoms with van der Waals surface area (Å²) < 4.78 is 5.02. The fourth-order valence-electron chi connectivity index (χ4n) is 4.82. The van der Waals surface area contributed by atoms with E-state index >= 15 is 0 Å². The highest BCUT2D eigenvalue weighted by molar-refractivity contribution is 7.11. The molecule has 4 unspecified atom stereocenters. The number of fused-ring (bicyclic) bond motifs is 5. The number of nitrogens with zero attached hydrogens (tertiary/aromatic N) is 2. The Hall–Kier alpha value is -0.520. The van der Waals surface area contributed by atoms with Crippen molar-refractivity contribution in [2.45, 2.75) is 38.0 Å². The Balaban J connectivity index is 1.24. The van der Waals surface area contributed by atoms with Crippen molar-refractivity contribution in [3.05, 3.63) is 10.0 Å². The SMILES string of the molecule is COCCNCCCc1nnc(C2C3C4CCC(C4)C23)s1. The van der Waals surface area contributed by atoms with E-state index in [1.54, 1.807) is 7.11 Å². The van der Waals surface area contributed by atoms with Gasteiger partial charge in [0.25, 0.3) is 0 Å². The molecule has 5 heteroatoms. The van der Waals surface area contributed by atoms with Crippen LogP contribution < -0.4 is 5.32 Å². The van der Waals surface area contributed by atoms with Crippen LogP contribution in [0.2, 0.25) is 0 Å². The van der Waals surface area contributed by atoms with E-state index in [-0.39, 0.29) is 0 Å². The number of aryl methyl sites for hydroxylation is 1. The molecule has 0 spiro atoms. The molecule has 3 fully saturated rings. The van der Waals surface area contributed by atoms with Gasteiger partial charge in [-0.15, -0.1) is 21.5 Å². The summed E-state index contributed by atoms with van der Waals surface area (Å²) in [7, 11) is 1.74. The molecule has 0 aromatic carbocycles. The second-order valence-electron chi connectivity index (χ2n) is 6.89. The predicted octanol–water partition coefficient (Wildman–Crippen LogP) is 2.47. The summed E-state index contributed by atoms with van der Waals surface area (Å²) >= 11 is 1.89. The lowest BCUT2D eigenvalue weighted by Gasteiger charge is -2.04. The van der Waals surface area contributed by atoms with Crippen LogP contribution in [0.1, 0.15) is 41.6 Å². The second kappa shape index (κ2) is 5.94. The fraction of sp³-hybridized carbons (Fsp3) is 0.875. The first kappa shape index (κ1) is 14.1. The molecule has 1 N–H and O–H groups in total. The Labute approximate surface area is 130 Å². The zero-order valence-corrected chi connectivity index (χ0v) is 13.6. The maximum absolute atomic E-state index is 5.02. The molecular weight excluding hydrogens is 282 g/mol. The van der Waals surface area contributed by atoms with E-state index < -0.39 is 0 Å². The molecule has 0 amide bonds. The molecule has 116 valence electrons. The molecule has 1 aromatic rings. The zero-order valence-electron chi connectivity index (χ0n) is 12.8. The van der Waals surface area contributed by atoms with Gasteiger partial charge in [0.1, 0.15) is 10.0 Å². The minimum absolute atomic E-state index is 0.787. The maximum Gasteiger partial charge on any atom is 0.121 e. The number of hydrogen-bond acceptors (Lipinski definition) is 5. The lowest BCUT2D eigenvalue weighted by atomic mass is 10.0. The molecule has 0 radical (unpaired) electrons. The average molecular weight is 307 g/mol. The summed E-state index contributed by atoms with van der Waals surface area (Å²) in [6.45, 7) is 2.76. The summed E-state index contributed by atoms with van der Waals surface area (Å²) in [5, 5.41) is 14.9. The summed E-state index contributed by atoms with van der Waals surface area (Å²) in [5.41, 5.74) is 0. The van der Waals surface area contributed by atoms with Crippen LogP contribution in [0.25, 0.3) is 0 Å². The van der Waals surface area contributed by atoms with Crippen molar-refractivity contribution >= 4 is 11.3 Å². The van der Waals surface area contributed by atoms with Crippen molar-refractivity contribution in [1.29, 1.82) is 0 Å². The molecule has 3 aliphatic carbocycles. The molecule has 3 aliphatic rings. The summed E-state index contributed by atoms with van der Waals surface area (Å²) in [5.74, 6) is 4.83. The van der Waals surface area contributed by atoms with Gasteiger partial charge in [0, 0.05) is 26.0 Å². The lowest BCUT2D eigenvalue weighted by Crippen LogP contribution is -2.20. The van der Waals surface area contributed by atoms with E-state index in [0.717, 1.165) is 62.1 Å². The van der Waals surface area contributed by atoms with Crippen LogP contribution >= 0.6 is 11.3 Å². The molecular formula is C16H25N3OS. The first-order chi connectivity index (χ1) is 10.4. The Morgan fingerprint density at radius 3 is 2.76 bits per heavy atom. The number of nitrogens with one attached hydrogen (secondary N) is 1. The normalized spacial score (nSPS) is 36.1. The highest BCUT2D eigenvalue weighted by Gasteiger charge is 2.66. The number of rotatable bonds is 8. The molecule has 2 bridgehead atoms. The van der Waals surface area contributed by atoms with Gasteiger partial charge in [-0.05, 0) is 55.9 Å². The van der Waals surface area contributed by atoms with Crippen molar-refractivity contribution < 1.29 is 4.74 Å². The molecule has 4 rings (SSSR count). The van der Waals surface area contributed by atoms with Gasteiger partial charge >= 0.3 is 0 Å². The van der Waals surface area contributed by atoms with Gasteiger partial charge in [0.15, 0.2) is 0 Å². The molecule has 1 heterocycles. The number of aromatic nitrogens is 2. The Kier molecular flexibility index (Phi) is 3.98. The van der Waals surface area contributed by atoms with Gasteiger partial charge in [-0.3, -0.25) is 0 Å². The van der Waals surface area contributed by atoms with Crippen molar-refractivity contribution in [3.63, 3.8) is 0 Å². The monoisotopic (exact) mass is 307 g/mol. The van der Waals surface area contributed by atoms with Crippen LogP contribution in [0.5, 0.6) is 0 Å². The van der Waals surface area contributed by atoms with Crippen LogP contribution in [-0.2, 0) is 11.2 Å². The topological polar surface area (TPSA) is 47.0 Å². The zero-order chi connectivity index (χ0) is 14.2. The van der Waals surface area contributed by atoms with E-state index in [4.69, 9.17) is 4.74 Å². The van der Waals surface area contributed by atoms with Gasteiger partial charge in [0.2, 0.25) is 0 Å². The smallest absolute Gasteiger partial charge is 0.121 e. The number of hydrogen-bond donors (Lipinski definition) is 1. The van der Waals surface area contributed by atoms with Crippen molar-refractivity contribution in [2.24, 2.45) is 23.7 Å². The standard InChI is InChI=1S/C16H25N3OS/c1-20-8-7-17-6-2-3-12-18-19-16(21-12)15-13-10-4-5-11(9-10)14(13)15/h10-11,13-15,17H,2-9H2,1H3. The third-order valence-corrected chi connectivity index (χ3v) is 6.81. The third kappa shape index (κ3) is 2.64. The van der Waals surface area contributed by atoms with E-state index in [0.29, 0.717) is 0 Å². The molecule has 0 aliphatic heterocycles. The van der Waals surface area contributed by atoms with Gasteiger partial charge < -0.3 is 10.1 Å². The van der Waals surface area contributed by atoms with E-state index in [1.165, 1.54) is 29.3 Å². The Bertz CT molecular complexity index is 476. The third-order valence-electron chi connectivity index (χ3n) is 5.73. The Morgan fingerprint density at radius 1 is 1.19 bits per heavy atom. The molecule has 3 saturated carbocycles. The van der Waals surface area contributed by atoms with Crippen molar-refractivity contribution in [1.82, 2.24) is 15.5 Å². The van der Waals surface area contributed by atoms with E-state index in [2.05, 4.69) is 15.5 Å². The predicted molar refractivity (Wildman–Crippen MR) is 83.5 cm³/mol. The van der Waals surface area contributed by atoms with Crippen molar-refractivity contribution in [2.75, 3.05) is 26.8 Å². The average Bonchev–Trinajstić information content (AvgIpc) is 2.89. The minimum Gasteiger partial charge on any atom is -0.383 e. The molecule has 21 heavy (non-hydrogen) atoms. The van der Waals surface area contributed by atoms with Gasteiger partial charge in [-0.1, -0.05) is 0 Å². The van der Waals surface area contributed by atoms with Crippen LogP contribution in [0.3, 0.4) is 0 Å². The number of methoxy groups -OCH3 is 1. The van der Waals surface area contributed by atoms with Crippen LogP contribution in [0.15, 0.2) is 0 Å². The Morgan fingerprint density at radius 2 is 2.00 bits per heavy atom. The molecule has 1 aromatic heterocycles. The van der Waals surface area contributed by atoms with E-state index in [9.17, 15) is 0 Å². The highest BCUT2D eigenvalue weighted by Crippen LogP contribution is 2.73. The quantitative estimate of drug-likeness (QED) is 0.750. The van der Waals surface area contributed by atoms with Crippen LogP contribution in [0.4, 0.5) is 0 Å². The van der Waals surface area contributed by atoms with Gasteiger partial charge in [-0.2, -0.15) is 0 Å². The highest BCUT2D eigenvalue weighted by atomic mass is 32.1. The first-order valence-electron chi connectivity index (χ1n) is 8.40. The largest absolute Gasteiger partial charge is 0.383 e. The molecule has 0 saturated heterocycles. The van der Waals surface area contributed by atoms with Crippen LogP contribution in [0, 0.1) is 23.7 Å². The lowest BCUT2D eigenvalue weighted by molar-refractivity contribution is 0.199. The fourth-order valence-corrected chi connectivity index (χ4v) is 5.92.